The van der Waals surface area contributed by atoms with Gasteiger partial charge in [0, 0.05) is 57.1 Å². The number of piperazine rings is 1. The first-order chi connectivity index (χ1) is 17.8. The van der Waals surface area contributed by atoms with E-state index in [0.717, 1.165) is 0 Å². The molecule has 0 aromatic heterocycles. The second-order valence-electron chi connectivity index (χ2n) is 8.97. The van der Waals surface area contributed by atoms with Crippen molar-refractivity contribution in [3.63, 3.8) is 0 Å². The molecule has 1 aromatic rings. The van der Waals surface area contributed by atoms with E-state index in [0.29, 0.717) is 67.6 Å². The molecule has 0 spiro atoms. The Morgan fingerprint density at radius 1 is 1.08 bits per heavy atom. The molecule has 2 atom stereocenters. The van der Waals surface area contributed by atoms with Crippen LogP contribution in [0.4, 0.5) is 9.59 Å². The van der Waals surface area contributed by atoms with E-state index < -0.39 is 12.0 Å². The largest absolute Gasteiger partial charge is 0.497 e. The molecule has 1 saturated heterocycles. The first-order valence-corrected chi connectivity index (χ1v) is 12.8. The van der Waals surface area contributed by atoms with Gasteiger partial charge in [0.15, 0.2) is 0 Å². The molecule has 2 heterocycles. The summed E-state index contributed by atoms with van der Waals surface area (Å²) in [5, 5.41) is 5.83. The number of ether oxygens (including phenoxy) is 3. The molecule has 1 fully saturated rings. The summed E-state index contributed by atoms with van der Waals surface area (Å²) < 4.78 is 16.3. The van der Waals surface area contributed by atoms with Crippen molar-refractivity contribution < 1.29 is 28.6 Å². The van der Waals surface area contributed by atoms with Gasteiger partial charge >= 0.3 is 18.0 Å². The third-order valence-corrected chi connectivity index (χ3v) is 6.63. The van der Waals surface area contributed by atoms with E-state index >= 15 is 0 Å². The van der Waals surface area contributed by atoms with Gasteiger partial charge in [0.1, 0.15) is 11.5 Å². The molecule has 2 N–H and O–H groups in total. The fourth-order valence-corrected chi connectivity index (χ4v) is 4.85. The first-order valence-electron chi connectivity index (χ1n) is 12.8. The van der Waals surface area contributed by atoms with Crippen LogP contribution in [-0.4, -0.2) is 98.9 Å². The molecule has 3 rings (SSSR count). The van der Waals surface area contributed by atoms with Crippen molar-refractivity contribution in [2.75, 3.05) is 60.1 Å². The summed E-state index contributed by atoms with van der Waals surface area (Å²) in [6.07, 6.45) is 0. The molecule has 204 valence electrons. The van der Waals surface area contributed by atoms with Crippen LogP contribution in [0.15, 0.2) is 29.5 Å². The Bertz CT molecular complexity index is 1010. The van der Waals surface area contributed by atoms with Crippen LogP contribution in [-0.2, 0) is 9.53 Å². The second kappa shape index (κ2) is 12.7. The molecule has 0 radical (unpaired) electrons. The van der Waals surface area contributed by atoms with Gasteiger partial charge in [0.25, 0.3) is 0 Å². The summed E-state index contributed by atoms with van der Waals surface area (Å²) in [4.78, 5) is 44.6. The van der Waals surface area contributed by atoms with Crippen LogP contribution in [0.1, 0.15) is 39.3 Å². The van der Waals surface area contributed by atoms with Crippen molar-refractivity contribution in [1.29, 1.82) is 0 Å². The predicted molar refractivity (Wildman–Crippen MR) is 139 cm³/mol. The smallest absolute Gasteiger partial charge is 0.338 e. The van der Waals surface area contributed by atoms with E-state index in [2.05, 4.69) is 15.5 Å². The SMILES string of the molecule is CCNC(=O)N1CCN(CC2=C(C(=O)OCC)[C@@H](c3cc(OC)cc(OC)c3)NC(=O)N2CC)C[C@@H]1C. The maximum absolute atomic E-state index is 13.4. The minimum atomic E-state index is -0.748. The minimum Gasteiger partial charge on any atom is -0.497 e. The van der Waals surface area contributed by atoms with Crippen molar-refractivity contribution in [3.8, 4) is 11.5 Å². The molecule has 0 bridgehead atoms. The quantitative estimate of drug-likeness (QED) is 0.484. The predicted octanol–water partition coefficient (Wildman–Crippen LogP) is 2.34. The number of carbonyl (C=O) groups excluding carboxylic acids is 3. The Kier molecular flexibility index (Phi) is 9.62. The second-order valence-corrected chi connectivity index (χ2v) is 8.97. The standard InChI is InChI=1S/C26H39N5O6/c1-7-27-25(33)31-11-10-29(15-17(31)4)16-21-22(24(32)37-9-3)23(28-26(34)30(21)8-2)18-12-19(35-5)14-20(13-18)36-6/h12-14,17,23H,7-11,15-16H2,1-6H3,(H,27,33)(H,28,34)/t17-,23+/m0/s1. The zero-order valence-corrected chi connectivity index (χ0v) is 22.6. The number of benzene rings is 1. The van der Waals surface area contributed by atoms with E-state index in [1.807, 2.05) is 25.7 Å². The van der Waals surface area contributed by atoms with Crippen LogP contribution in [0.25, 0.3) is 0 Å². The number of nitrogens with zero attached hydrogens (tertiary/aromatic N) is 3. The third-order valence-electron chi connectivity index (χ3n) is 6.63. The molecule has 4 amide bonds. The summed E-state index contributed by atoms with van der Waals surface area (Å²) in [5.74, 6) is 0.597. The first kappa shape index (κ1) is 28.1. The average molecular weight is 518 g/mol. The summed E-state index contributed by atoms with van der Waals surface area (Å²) in [6.45, 7) is 10.8. The average Bonchev–Trinajstić information content (AvgIpc) is 2.88. The van der Waals surface area contributed by atoms with Gasteiger partial charge in [-0.25, -0.2) is 14.4 Å². The maximum Gasteiger partial charge on any atom is 0.338 e. The molecule has 0 unspecified atom stereocenters. The van der Waals surface area contributed by atoms with Crippen molar-refractivity contribution in [3.05, 3.63) is 35.0 Å². The number of nitrogens with one attached hydrogen (secondary N) is 2. The van der Waals surface area contributed by atoms with Crippen LogP contribution in [0, 0.1) is 0 Å². The number of likely N-dealkylation sites (N-methyl/N-ethyl adjacent to an activating group) is 1. The fourth-order valence-electron chi connectivity index (χ4n) is 4.85. The number of amides is 4. The molecule has 2 aliphatic heterocycles. The number of urea groups is 2. The van der Waals surface area contributed by atoms with Crippen LogP contribution < -0.4 is 20.1 Å². The van der Waals surface area contributed by atoms with Crippen molar-refractivity contribution >= 4 is 18.0 Å². The van der Waals surface area contributed by atoms with Gasteiger partial charge in [0.2, 0.25) is 0 Å². The number of rotatable bonds is 9. The van der Waals surface area contributed by atoms with Gasteiger partial charge in [-0.3, -0.25) is 9.80 Å². The summed E-state index contributed by atoms with van der Waals surface area (Å²) in [5.41, 5.74) is 1.61. The molecule has 1 aromatic carbocycles. The zero-order chi connectivity index (χ0) is 27.1. The maximum atomic E-state index is 13.4. The Labute approximate surface area is 218 Å². The Morgan fingerprint density at radius 3 is 2.30 bits per heavy atom. The van der Waals surface area contributed by atoms with E-state index in [-0.39, 0.29) is 24.7 Å². The topological polar surface area (TPSA) is 113 Å². The Hall–Kier alpha value is -3.47. The molecule has 11 nitrogen and oxygen atoms in total. The highest BCUT2D eigenvalue weighted by Crippen LogP contribution is 2.35. The number of carbonyl (C=O) groups is 3. The van der Waals surface area contributed by atoms with Gasteiger partial charge in [-0.15, -0.1) is 0 Å². The summed E-state index contributed by atoms with van der Waals surface area (Å²) >= 11 is 0. The van der Waals surface area contributed by atoms with E-state index in [1.165, 1.54) is 0 Å². The van der Waals surface area contributed by atoms with Crippen molar-refractivity contribution in [1.82, 2.24) is 25.3 Å². The molecule has 0 aliphatic carbocycles. The highest BCUT2D eigenvalue weighted by atomic mass is 16.5. The lowest BCUT2D eigenvalue weighted by Gasteiger charge is -2.42. The van der Waals surface area contributed by atoms with E-state index in [4.69, 9.17) is 14.2 Å². The van der Waals surface area contributed by atoms with Gasteiger partial charge in [0.05, 0.1) is 32.4 Å². The Morgan fingerprint density at radius 2 is 1.76 bits per heavy atom. The monoisotopic (exact) mass is 517 g/mol. The lowest BCUT2D eigenvalue weighted by Crippen LogP contribution is -2.58. The van der Waals surface area contributed by atoms with Gasteiger partial charge < -0.3 is 29.7 Å². The van der Waals surface area contributed by atoms with Crippen molar-refractivity contribution in [2.24, 2.45) is 0 Å². The number of esters is 1. The normalized spacial score (nSPS) is 20.4. The lowest BCUT2D eigenvalue weighted by molar-refractivity contribution is -0.139. The molecule has 2 aliphatic rings. The van der Waals surface area contributed by atoms with Crippen LogP contribution in [0.2, 0.25) is 0 Å². The lowest BCUT2D eigenvalue weighted by atomic mass is 9.93. The number of hydrogen-bond acceptors (Lipinski definition) is 7. The van der Waals surface area contributed by atoms with Crippen LogP contribution in [0.5, 0.6) is 11.5 Å². The van der Waals surface area contributed by atoms with Gasteiger partial charge in [-0.1, -0.05) is 0 Å². The zero-order valence-electron chi connectivity index (χ0n) is 22.6. The highest BCUT2D eigenvalue weighted by Gasteiger charge is 2.39. The molecular formula is C26H39N5O6. The van der Waals surface area contributed by atoms with Gasteiger partial charge in [-0.2, -0.15) is 0 Å². The molecule has 0 saturated carbocycles. The van der Waals surface area contributed by atoms with Crippen LogP contribution in [0.3, 0.4) is 0 Å². The summed E-state index contributed by atoms with van der Waals surface area (Å²) in [6, 6.07) is 4.13. The fraction of sp³-hybridized carbons (Fsp3) is 0.577. The molecule has 37 heavy (non-hydrogen) atoms. The van der Waals surface area contributed by atoms with Gasteiger partial charge in [-0.05, 0) is 45.4 Å². The number of methoxy groups -OCH3 is 2. The summed E-state index contributed by atoms with van der Waals surface area (Å²) in [7, 11) is 3.10. The number of hydrogen-bond donors (Lipinski definition) is 2. The molecular weight excluding hydrogens is 478 g/mol. The molecule has 11 heteroatoms. The van der Waals surface area contributed by atoms with Crippen LogP contribution >= 0.6 is 0 Å². The van der Waals surface area contributed by atoms with Crippen molar-refractivity contribution in [2.45, 2.75) is 39.8 Å². The minimum absolute atomic E-state index is 0.0297. The Balaban J connectivity index is 2.03. The van der Waals surface area contributed by atoms with E-state index in [9.17, 15) is 14.4 Å². The third kappa shape index (κ3) is 6.27. The van der Waals surface area contributed by atoms with E-state index in [1.54, 1.807) is 44.2 Å². The highest BCUT2D eigenvalue weighted by molar-refractivity contribution is 5.95.